The van der Waals surface area contributed by atoms with Gasteiger partial charge in [0, 0.05) is 31.3 Å². The molecule has 198 valence electrons. The van der Waals surface area contributed by atoms with Gasteiger partial charge in [-0.1, -0.05) is 30.3 Å². The van der Waals surface area contributed by atoms with Crippen molar-refractivity contribution in [2.45, 2.75) is 70.4 Å². The topological polar surface area (TPSA) is 112 Å². The largest absolute Gasteiger partial charge is 0.465 e. The fraction of sp³-hybridized carbons (Fsp3) is 0.571. The molecule has 4 bridgehead atoms. The summed E-state index contributed by atoms with van der Waals surface area (Å²) in [7, 11) is 0. The lowest BCUT2D eigenvalue weighted by Crippen LogP contribution is -2.68. The molecule has 4 aliphatic carbocycles. The molecule has 4 saturated carbocycles. The first-order valence-corrected chi connectivity index (χ1v) is 14.2. The molecule has 1 unspecified atom stereocenters. The van der Waals surface area contributed by atoms with E-state index in [1.165, 1.54) is 29.6 Å². The predicted molar refractivity (Wildman–Crippen MR) is 142 cm³/mol. The molecule has 37 heavy (non-hydrogen) atoms. The van der Waals surface area contributed by atoms with Gasteiger partial charge in [0.2, 0.25) is 11.8 Å². The van der Waals surface area contributed by atoms with Crippen molar-refractivity contribution in [1.82, 2.24) is 15.2 Å². The zero-order valence-corrected chi connectivity index (χ0v) is 22.3. The maximum atomic E-state index is 13.9. The lowest BCUT2D eigenvalue weighted by molar-refractivity contribution is -0.140. The Morgan fingerprint density at radius 2 is 1.73 bits per heavy atom. The highest BCUT2D eigenvalue weighted by Gasteiger charge is 2.56. The minimum atomic E-state index is -1.33. The molecule has 3 amide bonds. The fourth-order valence-corrected chi connectivity index (χ4v) is 8.12. The fourth-order valence-electron chi connectivity index (χ4n) is 7.36. The van der Waals surface area contributed by atoms with Crippen LogP contribution in [0.15, 0.2) is 35.7 Å². The first-order chi connectivity index (χ1) is 17.7. The number of amides is 3. The number of hydrogen-bond acceptors (Lipinski definition) is 5. The van der Waals surface area contributed by atoms with E-state index in [9.17, 15) is 19.5 Å². The molecule has 0 radical (unpaired) electrons. The summed E-state index contributed by atoms with van der Waals surface area (Å²) in [4.78, 5) is 44.4. The van der Waals surface area contributed by atoms with E-state index < -0.39 is 11.6 Å². The van der Waals surface area contributed by atoms with Gasteiger partial charge in [0.25, 0.3) is 0 Å². The van der Waals surface area contributed by atoms with Gasteiger partial charge in [-0.2, -0.15) is 0 Å². The summed E-state index contributed by atoms with van der Waals surface area (Å²) in [5.41, 5.74) is 0.383. The second-order valence-electron chi connectivity index (χ2n) is 11.3. The maximum Gasteiger partial charge on any atom is 0.408 e. The second-order valence-corrected chi connectivity index (χ2v) is 12.2. The van der Waals surface area contributed by atoms with E-state index in [-0.39, 0.29) is 24.3 Å². The van der Waals surface area contributed by atoms with E-state index in [1.807, 2.05) is 30.3 Å². The number of carbonyl (C=O) groups is 3. The molecule has 1 heterocycles. The summed E-state index contributed by atoms with van der Waals surface area (Å²) < 4.78 is 0. The van der Waals surface area contributed by atoms with Crippen LogP contribution < -0.4 is 10.6 Å². The minimum absolute atomic E-state index is 0.148. The number of hydrogen-bond donors (Lipinski definition) is 3. The van der Waals surface area contributed by atoms with Crippen LogP contribution in [0.1, 0.15) is 57.2 Å². The molecular weight excluding hydrogens is 488 g/mol. The Bertz CT molecular complexity index is 1120. The van der Waals surface area contributed by atoms with E-state index in [0.29, 0.717) is 47.5 Å². The third kappa shape index (κ3) is 5.37. The molecule has 6 rings (SSSR count). The van der Waals surface area contributed by atoms with Crippen molar-refractivity contribution < 1.29 is 19.5 Å². The van der Waals surface area contributed by atoms with E-state index in [4.69, 9.17) is 0 Å². The average molecular weight is 525 g/mol. The number of anilines is 1. The van der Waals surface area contributed by atoms with Gasteiger partial charge in [0.05, 0.1) is 5.69 Å². The summed E-state index contributed by atoms with van der Waals surface area (Å²) in [6.07, 6.45) is 5.25. The van der Waals surface area contributed by atoms with Gasteiger partial charge in [-0.15, -0.1) is 11.3 Å². The molecule has 4 fully saturated rings. The summed E-state index contributed by atoms with van der Waals surface area (Å²) >= 11 is 1.28. The molecule has 8 nitrogen and oxygen atoms in total. The number of rotatable bonds is 9. The molecule has 1 aromatic heterocycles. The Labute approximate surface area is 221 Å². The van der Waals surface area contributed by atoms with Crippen molar-refractivity contribution in [2.24, 2.45) is 23.7 Å². The van der Waals surface area contributed by atoms with Gasteiger partial charge in [0.15, 0.2) is 5.13 Å². The standard InChI is InChI=1S/C28H36N4O4S/c1-17(33)30-26-31-23(16-37-26)15-28(2,25(34)29-9-8-18-6-4-3-5-7-18)32(27(35)36)24-21-11-19-10-20(13-21)14-22(24)12-19/h3-7,16,19-22,24H,8-15H2,1-2H3,(H,29,34)(H,35,36)(H,30,31,33). The van der Waals surface area contributed by atoms with Gasteiger partial charge in [-0.05, 0) is 74.7 Å². The smallest absolute Gasteiger partial charge is 0.408 e. The molecule has 4 aliphatic rings. The zero-order valence-electron chi connectivity index (χ0n) is 21.5. The Balaban J connectivity index is 1.42. The third-order valence-electron chi connectivity index (χ3n) is 8.60. The Hall–Kier alpha value is -2.94. The normalized spacial score (nSPS) is 27.4. The minimum Gasteiger partial charge on any atom is -0.465 e. The van der Waals surface area contributed by atoms with Crippen LogP contribution in [-0.2, 0) is 22.4 Å². The predicted octanol–water partition coefficient (Wildman–Crippen LogP) is 4.57. The van der Waals surface area contributed by atoms with Crippen LogP contribution in [0, 0.1) is 23.7 Å². The van der Waals surface area contributed by atoms with Crippen LogP contribution in [0.5, 0.6) is 0 Å². The lowest BCUT2D eigenvalue weighted by atomic mass is 9.53. The molecule has 3 N–H and O–H groups in total. The van der Waals surface area contributed by atoms with Gasteiger partial charge >= 0.3 is 6.09 Å². The van der Waals surface area contributed by atoms with Crippen molar-refractivity contribution in [2.75, 3.05) is 11.9 Å². The highest BCUT2D eigenvalue weighted by Crippen LogP contribution is 2.56. The van der Waals surface area contributed by atoms with Crippen LogP contribution in [0.4, 0.5) is 9.93 Å². The van der Waals surface area contributed by atoms with Crippen LogP contribution in [-0.4, -0.2) is 51.0 Å². The van der Waals surface area contributed by atoms with Crippen LogP contribution >= 0.6 is 11.3 Å². The SMILES string of the molecule is CC(=O)Nc1nc(CC(C)(C(=O)NCCc2ccccc2)N(C(=O)O)C2C3CC4CC(C3)CC2C4)cs1. The lowest BCUT2D eigenvalue weighted by Gasteiger charge is -2.59. The van der Waals surface area contributed by atoms with Crippen molar-refractivity contribution >= 4 is 34.4 Å². The van der Waals surface area contributed by atoms with Crippen molar-refractivity contribution in [3.63, 3.8) is 0 Å². The van der Waals surface area contributed by atoms with E-state index >= 15 is 0 Å². The van der Waals surface area contributed by atoms with E-state index in [0.717, 1.165) is 31.2 Å². The Morgan fingerprint density at radius 1 is 1.08 bits per heavy atom. The monoisotopic (exact) mass is 524 g/mol. The highest BCUT2D eigenvalue weighted by molar-refractivity contribution is 7.13. The number of thiazole rings is 1. The molecule has 0 spiro atoms. The maximum absolute atomic E-state index is 13.9. The molecule has 0 saturated heterocycles. The van der Waals surface area contributed by atoms with Crippen LogP contribution in [0.3, 0.4) is 0 Å². The van der Waals surface area contributed by atoms with Crippen molar-refractivity contribution in [3.8, 4) is 0 Å². The van der Waals surface area contributed by atoms with Gasteiger partial charge < -0.3 is 15.7 Å². The van der Waals surface area contributed by atoms with E-state index in [2.05, 4.69) is 15.6 Å². The molecule has 2 aromatic rings. The van der Waals surface area contributed by atoms with Crippen LogP contribution in [0.2, 0.25) is 0 Å². The number of carbonyl (C=O) groups excluding carboxylic acids is 2. The van der Waals surface area contributed by atoms with Gasteiger partial charge in [0.1, 0.15) is 5.54 Å². The Kier molecular flexibility index (Phi) is 7.25. The van der Waals surface area contributed by atoms with Gasteiger partial charge in [-0.3, -0.25) is 14.5 Å². The van der Waals surface area contributed by atoms with Crippen molar-refractivity contribution in [3.05, 3.63) is 47.0 Å². The van der Waals surface area contributed by atoms with E-state index in [1.54, 1.807) is 12.3 Å². The first kappa shape index (κ1) is 25.7. The molecule has 1 atom stereocenters. The number of carboxylic acid groups (broad SMARTS) is 1. The number of benzene rings is 1. The Morgan fingerprint density at radius 3 is 2.32 bits per heavy atom. The summed E-state index contributed by atoms with van der Waals surface area (Å²) in [5, 5.41) is 18.6. The van der Waals surface area contributed by atoms with Crippen LogP contribution in [0.25, 0.3) is 0 Å². The molecule has 1 aromatic carbocycles. The summed E-state index contributed by atoms with van der Waals surface area (Å²) in [6.45, 7) is 3.59. The second kappa shape index (κ2) is 10.4. The first-order valence-electron chi connectivity index (χ1n) is 13.3. The number of aromatic nitrogens is 1. The highest BCUT2D eigenvalue weighted by atomic mass is 32.1. The third-order valence-corrected chi connectivity index (χ3v) is 9.41. The number of nitrogens with zero attached hydrogens (tertiary/aromatic N) is 2. The quantitative estimate of drug-likeness (QED) is 0.445. The summed E-state index contributed by atoms with van der Waals surface area (Å²) in [5.74, 6) is 1.47. The van der Waals surface area contributed by atoms with Crippen molar-refractivity contribution in [1.29, 1.82) is 0 Å². The summed E-state index contributed by atoms with van der Waals surface area (Å²) in [6, 6.07) is 9.76. The average Bonchev–Trinajstić information content (AvgIpc) is 3.26. The molecular formula is C28H36N4O4S. The zero-order chi connectivity index (χ0) is 26.2. The number of nitrogens with one attached hydrogen (secondary N) is 2. The van der Waals surface area contributed by atoms with Gasteiger partial charge in [-0.25, -0.2) is 9.78 Å². The molecule has 9 heteroatoms. The molecule has 0 aliphatic heterocycles.